The molecular formula is C12H15BrFNOS. The van der Waals surface area contributed by atoms with Gasteiger partial charge in [0.1, 0.15) is 5.82 Å². The second-order valence-corrected chi connectivity index (χ2v) is 5.43. The Bertz CT molecular complexity index is 400. The maximum absolute atomic E-state index is 13.0. The minimum absolute atomic E-state index is 0.154. The first-order valence-corrected chi connectivity index (χ1v) is 7.52. The molecule has 17 heavy (non-hydrogen) atoms. The molecule has 1 unspecified atom stereocenters. The van der Waals surface area contributed by atoms with Crippen LogP contribution in [0.4, 0.5) is 4.39 Å². The minimum Gasteiger partial charge on any atom is -0.348 e. The summed E-state index contributed by atoms with van der Waals surface area (Å²) >= 11 is 4.76. The molecule has 0 aromatic heterocycles. The zero-order valence-electron chi connectivity index (χ0n) is 9.80. The molecule has 0 heterocycles. The van der Waals surface area contributed by atoms with E-state index in [2.05, 4.69) is 21.2 Å². The summed E-state index contributed by atoms with van der Waals surface area (Å²) in [5.41, 5.74) is 0.470. The summed E-state index contributed by atoms with van der Waals surface area (Å²) in [6.45, 7) is 2.03. The van der Waals surface area contributed by atoms with Crippen LogP contribution in [0.3, 0.4) is 0 Å². The van der Waals surface area contributed by atoms with Crippen molar-refractivity contribution >= 4 is 33.6 Å². The third-order valence-corrected chi connectivity index (χ3v) is 3.72. The number of benzene rings is 1. The first-order chi connectivity index (χ1) is 8.08. The van der Waals surface area contributed by atoms with Gasteiger partial charge in [-0.3, -0.25) is 4.79 Å². The number of rotatable bonds is 5. The number of halogens is 2. The summed E-state index contributed by atoms with van der Waals surface area (Å²) in [6.07, 6.45) is 2.89. The number of amides is 1. The lowest BCUT2D eigenvalue weighted by atomic mass is 10.2. The topological polar surface area (TPSA) is 29.1 Å². The van der Waals surface area contributed by atoms with E-state index < -0.39 is 0 Å². The highest BCUT2D eigenvalue weighted by Crippen LogP contribution is 2.17. The first-order valence-electron chi connectivity index (χ1n) is 5.33. The molecule has 0 spiro atoms. The molecule has 94 valence electrons. The third-order valence-electron chi connectivity index (χ3n) is 2.38. The highest BCUT2D eigenvalue weighted by atomic mass is 79.9. The van der Waals surface area contributed by atoms with Gasteiger partial charge in [0.15, 0.2) is 0 Å². The van der Waals surface area contributed by atoms with Crippen molar-refractivity contribution in [1.82, 2.24) is 5.32 Å². The largest absolute Gasteiger partial charge is 0.348 e. The zero-order valence-corrected chi connectivity index (χ0v) is 12.2. The van der Waals surface area contributed by atoms with Crippen molar-refractivity contribution in [1.29, 1.82) is 0 Å². The standard InChI is InChI=1S/C12H15BrFNOS/c1-3-9(7-17-2)15-12(16)8-4-5-11(14)10(13)6-8/h4-6,9H,3,7H2,1-2H3,(H,15,16). The lowest BCUT2D eigenvalue weighted by molar-refractivity contribution is 0.0940. The second kappa shape index (κ2) is 7.01. The second-order valence-electron chi connectivity index (χ2n) is 3.66. The lowest BCUT2D eigenvalue weighted by Gasteiger charge is -2.15. The Morgan fingerprint density at radius 1 is 1.59 bits per heavy atom. The summed E-state index contributed by atoms with van der Waals surface area (Å²) in [5.74, 6) is 0.356. The Hall–Kier alpha value is -0.550. The Morgan fingerprint density at radius 3 is 2.82 bits per heavy atom. The smallest absolute Gasteiger partial charge is 0.251 e. The summed E-state index contributed by atoms with van der Waals surface area (Å²) in [5, 5.41) is 2.93. The molecule has 0 radical (unpaired) electrons. The molecule has 1 aromatic rings. The van der Waals surface area contributed by atoms with Gasteiger partial charge in [-0.25, -0.2) is 4.39 Å². The maximum Gasteiger partial charge on any atom is 0.251 e. The summed E-state index contributed by atoms with van der Waals surface area (Å²) in [6, 6.07) is 4.42. The van der Waals surface area contributed by atoms with Gasteiger partial charge in [0.2, 0.25) is 0 Å². The van der Waals surface area contributed by atoms with Crippen LogP contribution >= 0.6 is 27.7 Å². The van der Waals surface area contributed by atoms with Gasteiger partial charge in [-0.05, 0) is 46.8 Å². The predicted octanol–water partition coefficient (Wildman–Crippen LogP) is 3.46. The molecule has 0 fully saturated rings. The van der Waals surface area contributed by atoms with Crippen LogP contribution in [0.1, 0.15) is 23.7 Å². The molecule has 1 rings (SSSR count). The van der Waals surface area contributed by atoms with Crippen molar-refractivity contribution in [2.24, 2.45) is 0 Å². The van der Waals surface area contributed by atoms with Gasteiger partial charge in [0.05, 0.1) is 4.47 Å². The fourth-order valence-corrected chi connectivity index (χ4v) is 2.47. The third kappa shape index (κ3) is 4.32. The van der Waals surface area contributed by atoms with Gasteiger partial charge in [-0.15, -0.1) is 0 Å². The number of carbonyl (C=O) groups excluding carboxylic acids is 1. The van der Waals surface area contributed by atoms with Crippen LogP contribution < -0.4 is 5.32 Å². The number of carbonyl (C=O) groups is 1. The molecule has 1 amide bonds. The van der Waals surface area contributed by atoms with Gasteiger partial charge in [0, 0.05) is 17.4 Å². The zero-order chi connectivity index (χ0) is 12.8. The average Bonchev–Trinajstić information content (AvgIpc) is 2.31. The number of hydrogen-bond donors (Lipinski definition) is 1. The van der Waals surface area contributed by atoms with E-state index >= 15 is 0 Å². The summed E-state index contributed by atoms with van der Waals surface area (Å²) in [4.78, 5) is 11.9. The van der Waals surface area contributed by atoms with E-state index in [-0.39, 0.29) is 17.8 Å². The van der Waals surface area contributed by atoms with E-state index in [1.54, 1.807) is 11.8 Å². The highest BCUT2D eigenvalue weighted by molar-refractivity contribution is 9.10. The summed E-state index contributed by atoms with van der Waals surface area (Å²) in [7, 11) is 0. The minimum atomic E-state index is -0.363. The molecule has 0 bridgehead atoms. The lowest BCUT2D eigenvalue weighted by Crippen LogP contribution is -2.36. The van der Waals surface area contributed by atoms with Gasteiger partial charge in [-0.1, -0.05) is 6.92 Å². The average molecular weight is 320 g/mol. The fraction of sp³-hybridized carbons (Fsp3) is 0.417. The molecule has 1 atom stereocenters. The quantitative estimate of drug-likeness (QED) is 0.900. The molecule has 0 saturated carbocycles. The number of thioether (sulfide) groups is 1. The maximum atomic E-state index is 13.0. The molecule has 0 aliphatic rings. The van der Waals surface area contributed by atoms with Crippen molar-refractivity contribution in [3.05, 3.63) is 34.1 Å². The first kappa shape index (κ1) is 14.5. The van der Waals surface area contributed by atoms with Gasteiger partial charge < -0.3 is 5.32 Å². The van der Waals surface area contributed by atoms with Gasteiger partial charge in [-0.2, -0.15) is 11.8 Å². The number of nitrogens with one attached hydrogen (secondary N) is 1. The highest BCUT2D eigenvalue weighted by Gasteiger charge is 2.12. The normalized spacial score (nSPS) is 12.2. The molecule has 1 aromatic carbocycles. The Morgan fingerprint density at radius 2 is 2.29 bits per heavy atom. The van der Waals surface area contributed by atoms with Crippen LogP contribution in [0.25, 0.3) is 0 Å². The predicted molar refractivity (Wildman–Crippen MR) is 74.0 cm³/mol. The van der Waals surface area contributed by atoms with Crippen LogP contribution in [0.15, 0.2) is 22.7 Å². The molecule has 1 N–H and O–H groups in total. The Kier molecular flexibility index (Phi) is 5.98. The van der Waals surface area contributed by atoms with E-state index in [9.17, 15) is 9.18 Å². The van der Waals surface area contributed by atoms with E-state index in [1.165, 1.54) is 18.2 Å². The van der Waals surface area contributed by atoms with Crippen LogP contribution in [-0.2, 0) is 0 Å². The Labute approximate surface area is 113 Å². The van der Waals surface area contributed by atoms with Crippen molar-refractivity contribution in [2.45, 2.75) is 19.4 Å². The van der Waals surface area contributed by atoms with Crippen LogP contribution in [0.5, 0.6) is 0 Å². The SMILES string of the molecule is CCC(CSC)NC(=O)c1ccc(F)c(Br)c1. The molecule has 5 heteroatoms. The van der Waals surface area contributed by atoms with Crippen LogP contribution in [-0.4, -0.2) is 24.0 Å². The number of hydrogen-bond acceptors (Lipinski definition) is 2. The fourth-order valence-electron chi connectivity index (χ4n) is 1.37. The van der Waals surface area contributed by atoms with Gasteiger partial charge >= 0.3 is 0 Å². The van der Waals surface area contributed by atoms with Crippen molar-refractivity contribution in [3.63, 3.8) is 0 Å². The Balaban J connectivity index is 2.72. The molecule has 0 saturated heterocycles. The van der Waals surface area contributed by atoms with E-state index in [4.69, 9.17) is 0 Å². The van der Waals surface area contributed by atoms with E-state index in [1.807, 2.05) is 13.2 Å². The molecular weight excluding hydrogens is 305 g/mol. The summed E-state index contributed by atoms with van der Waals surface area (Å²) < 4.78 is 13.3. The van der Waals surface area contributed by atoms with Gasteiger partial charge in [0.25, 0.3) is 5.91 Å². The van der Waals surface area contributed by atoms with Crippen LogP contribution in [0.2, 0.25) is 0 Å². The monoisotopic (exact) mass is 319 g/mol. The van der Waals surface area contributed by atoms with E-state index in [0.717, 1.165) is 12.2 Å². The van der Waals surface area contributed by atoms with Crippen molar-refractivity contribution in [3.8, 4) is 0 Å². The van der Waals surface area contributed by atoms with E-state index in [0.29, 0.717) is 10.0 Å². The van der Waals surface area contributed by atoms with Crippen molar-refractivity contribution < 1.29 is 9.18 Å². The van der Waals surface area contributed by atoms with Crippen molar-refractivity contribution in [2.75, 3.05) is 12.0 Å². The molecule has 2 nitrogen and oxygen atoms in total. The molecule has 0 aliphatic heterocycles. The molecule has 0 aliphatic carbocycles. The van der Waals surface area contributed by atoms with Crippen LogP contribution in [0, 0.1) is 5.82 Å².